The van der Waals surface area contributed by atoms with E-state index >= 15 is 0 Å². The lowest BCUT2D eigenvalue weighted by Crippen LogP contribution is -2.09. The van der Waals surface area contributed by atoms with Crippen LogP contribution in [0.25, 0.3) is 0 Å². The minimum absolute atomic E-state index is 0.00537. The van der Waals surface area contributed by atoms with Crippen LogP contribution in [0.15, 0.2) is 12.1 Å². The Balaban J connectivity index is 3.49. The summed E-state index contributed by atoms with van der Waals surface area (Å²) in [6.07, 6.45) is -4.52. The van der Waals surface area contributed by atoms with Gasteiger partial charge in [0.2, 0.25) is 0 Å². The predicted octanol–water partition coefficient (Wildman–Crippen LogP) is 4.66. The third kappa shape index (κ3) is 2.93. The molecule has 0 bridgehead atoms. The molecule has 0 radical (unpaired) electrons. The van der Waals surface area contributed by atoms with Gasteiger partial charge in [-0.15, -0.1) is 0 Å². The second-order valence-electron chi connectivity index (χ2n) is 4.81. The summed E-state index contributed by atoms with van der Waals surface area (Å²) in [7, 11) is 0. The minimum atomic E-state index is -4.52. The van der Waals surface area contributed by atoms with Gasteiger partial charge in [0.25, 0.3) is 0 Å². The van der Waals surface area contributed by atoms with Gasteiger partial charge < -0.3 is 5.11 Å². The molecule has 1 N–H and O–H groups in total. The van der Waals surface area contributed by atoms with Crippen molar-refractivity contribution in [2.75, 3.05) is 0 Å². The van der Waals surface area contributed by atoms with Gasteiger partial charge in [0, 0.05) is 0 Å². The maximum atomic E-state index is 12.8. The SMILES string of the molecule is CC(C)c1cc(C(C)C)c(O)c(C(F)(F)F)c1. The largest absolute Gasteiger partial charge is 0.507 e. The molecule has 0 aliphatic heterocycles. The molecular weight excluding hydrogens is 229 g/mol. The third-order valence-electron chi connectivity index (χ3n) is 2.76. The molecule has 1 rings (SSSR count). The van der Waals surface area contributed by atoms with Crippen molar-refractivity contribution in [3.05, 3.63) is 28.8 Å². The smallest absolute Gasteiger partial charge is 0.419 e. The van der Waals surface area contributed by atoms with E-state index in [1.54, 1.807) is 19.9 Å². The van der Waals surface area contributed by atoms with E-state index in [0.717, 1.165) is 6.07 Å². The Labute approximate surface area is 99.3 Å². The lowest BCUT2D eigenvalue weighted by Gasteiger charge is -2.18. The lowest BCUT2D eigenvalue weighted by atomic mass is 9.92. The third-order valence-corrected chi connectivity index (χ3v) is 2.76. The fourth-order valence-electron chi connectivity index (χ4n) is 1.67. The van der Waals surface area contributed by atoms with Crippen molar-refractivity contribution >= 4 is 0 Å². The van der Waals surface area contributed by atoms with Crippen molar-refractivity contribution < 1.29 is 18.3 Å². The Morgan fingerprint density at radius 3 is 1.88 bits per heavy atom. The molecule has 0 amide bonds. The molecule has 0 saturated heterocycles. The first-order chi connectivity index (χ1) is 7.64. The van der Waals surface area contributed by atoms with Crippen molar-refractivity contribution in [2.24, 2.45) is 0 Å². The van der Waals surface area contributed by atoms with Crippen molar-refractivity contribution in [2.45, 2.75) is 45.7 Å². The van der Waals surface area contributed by atoms with Crippen molar-refractivity contribution in [1.82, 2.24) is 0 Å². The number of phenolic OH excluding ortho intramolecular Hbond substituents is 1. The van der Waals surface area contributed by atoms with Crippen LogP contribution in [0, 0.1) is 0 Å². The number of benzene rings is 1. The Morgan fingerprint density at radius 1 is 1.00 bits per heavy atom. The Bertz CT molecular complexity index is 406. The normalized spacial score (nSPS) is 12.5. The van der Waals surface area contributed by atoms with Crippen LogP contribution in [0.3, 0.4) is 0 Å². The Hall–Kier alpha value is -1.19. The first-order valence-electron chi connectivity index (χ1n) is 5.58. The Kier molecular flexibility index (Phi) is 3.74. The van der Waals surface area contributed by atoms with Gasteiger partial charge in [-0.05, 0) is 29.0 Å². The van der Waals surface area contributed by atoms with E-state index in [0.29, 0.717) is 11.1 Å². The average molecular weight is 246 g/mol. The first-order valence-corrected chi connectivity index (χ1v) is 5.58. The zero-order chi connectivity index (χ0) is 13.4. The molecule has 4 heteroatoms. The van der Waals surface area contributed by atoms with E-state index in [1.165, 1.54) is 0 Å². The van der Waals surface area contributed by atoms with E-state index in [9.17, 15) is 18.3 Å². The van der Waals surface area contributed by atoms with Gasteiger partial charge in [0.1, 0.15) is 5.75 Å². The molecule has 0 atom stereocenters. The molecule has 1 aromatic carbocycles. The zero-order valence-electron chi connectivity index (χ0n) is 10.4. The molecule has 1 aromatic rings. The minimum Gasteiger partial charge on any atom is -0.507 e. The van der Waals surface area contributed by atoms with Crippen LogP contribution in [0.5, 0.6) is 5.75 Å². The summed E-state index contributed by atoms with van der Waals surface area (Å²) in [5.74, 6) is -0.791. The highest BCUT2D eigenvalue weighted by atomic mass is 19.4. The molecule has 0 aromatic heterocycles. The molecule has 0 unspecified atom stereocenters. The lowest BCUT2D eigenvalue weighted by molar-refractivity contribution is -0.138. The van der Waals surface area contributed by atoms with Gasteiger partial charge >= 0.3 is 6.18 Å². The topological polar surface area (TPSA) is 20.2 Å². The van der Waals surface area contributed by atoms with Crippen molar-refractivity contribution in [3.63, 3.8) is 0 Å². The van der Waals surface area contributed by atoms with Crippen LogP contribution in [0.2, 0.25) is 0 Å². The number of halogens is 3. The van der Waals surface area contributed by atoms with Crippen LogP contribution in [-0.4, -0.2) is 5.11 Å². The first kappa shape index (κ1) is 13.9. The predicted molar refractivity (Wildman–Crippen MR) is 61.3 cm³/mol. The highest BCUT2D eigenvalue weighted by molar-refractivity contribution is 5.47. The Morgan fingerprint density at radius 2 is 1.53 bits per heavy atom. The van der Waals surface area contributed by atoms with Gasteiger partial charge in [0.05, 0.1) is 5.56 Å². The van der Waals surface area contributed by atoms with E-state index in [2.05, 4.69) is 0 Å². The van der Waals surface area contributed by atoms with Crippen LogP contribution in [-0.2, 0) is 6.18 Å². The summed E-state index contributed by atoms with van der Waals surface area (Å²) in [5.41, 5.74) is 0.00903. The maximum absolute atomic E-state index is 12.8. The van der Waals surface area contributed by atoms with Crippen LogP contribution in [0.4, 0.5) is 13.2 Å². The molecule has 0 aliphatic carbocycles. The summed E-state index contributed by atoms with van der Waals surface area (Å²) in [5, 5.41) is 9.68. The van der Waals surface area contributed by atoms with E-state index in [-0.39, 0.29) is 11.8 Å². The van der Waals surface area contributed by atoms with Crippen LogP contribution >= 0.6 is 0 Å². The number of aromatic hydroxyl groups is 1. The summed E-state index contributed by atoms with van der Waals surface area (Å²) in [6, 6.07) is 2.69. The summed E-state index contributed by atoms with van der Waals surface area (Å²) in [4.78, 5) is 0. The number of phenols is 1. The van der Waals surface area contributed by atoms with Gasteiger partial charge in [0.15, 0.2) is 0 Å². The molecule has 0 heterocycles. The van der Waals surface area contributed by atoms with E-state index < -0.39 is 17.5 Å². The van der Waals surface area contributed by atoms with Crippen molar-refractivity contribution in [3.8, 4) is 5.75 Å². The molecule has 1 nitrogen and oxygen atoms in total. The molecule has 0 fully saturated rings. The molecule has 17 heavy (non-hydrogen) atoms. The number of hydrogen-bond donors (Lipinski definition) is 1. The number of alkyl halides is 3. The summed E-state index contributed by atoms with van der Waals surface area (Å²) < 4.78 is 38.3. The van der Waals surface area contributed by atoms with Gasteiger partial charge in [-0.1, -0.05) is 33.8 Å². The van der Waals surface area contributed by atoms with Crippen LogP contribution in [0.1, 0.15) is 56.2 Å². The van der Waals surface area contributed by atoms with Gasteiger partial charge in [-0.25, -0.2) is 0 Å². The van der Waals surface area contributed by atoms with E-state index in [4.69, 9.17) is 0 Å². The highest BCUT2D eigenvalue weighted by Gasteiger charge is 2.35. The zero-order valence-corrected chi connectivity index (χ0v) is 10.4. The molecule has 0 aliphatic rings. The molecule has 0 spiro atoms. The van der Waals surface area contributed by atoms with E-state index in [1.807, 2.05) is 13.8 Å². The van der Waals surface area contributed by atoms with Crippen molar-refractivity contribution in [1.29, 1.82) is 0 Å². The second-order valence-corrected chi connectivity index (χ2v) is 4.81. The second kappa shape index (κ2) is 4.59. The monoisotopic (exact) mass is 246 g/mol. The quantitative estimate of drug-likeness (QED) is 0.804. The maximum Gasteiger partial charge on any atom is 0.419 e. The summed E-state index contributed by atoms with van der Waals surface area (Å²) >= 11 is 0. The van der Waals surface area contributed by atoms with Gasteiger partial charge in [-0.2, -0.15) is 13.2 Å². The number of hydrogen-bond acceptors (Lipinski definition) is 1. The molecule has 96 valence electrons. The average Bonchev–Trinajstić information content (AvgIpc) is 2.15. The summed E-state index contributed by atoms with van der Waals surface area (Å²) in [6.45, 7) is 7.19. The van der Waals surface area contributed by atoms with Gasteiger partial charge in [-0.3, -0.25) is 0 Å². The fourth-order valence-corrected chi connectivity index (χ4v) is 1.67. The highest BCUT2D eigenvalue weighted by Crippen LogP contribution is 2.41. The standard InChI is InChI=1S/C13H17F3O/c1-7(2)9-5-10(8(3)4)12(17)11(6-9)13(14,15)16/h5-8,17H,1-4H3. The van der Waals surface area contributed by atoms with Crippen LogP contribution < -0.4 is 0 Å². The molecular formula is C13H17F3O. The fraction of sp³-hybridized carbons (Fsp3) is 0.538. The molecule has 0 saturated carbocycles. The number of rotatable bonds is 2.